The Morgan fingerprint density at radius 1 is 1.22 bits per heavy atom. The number of pyridine rings is 1. The molecule has 7 nitrogen and oxygen atoms in total. The third-order valence-corrected chi connectivity index (χ3v) is 4.66. The largest absolute Gasteiger partial charge is 0.391 e. The van der Waals surface area contributed by atoms with Gasteiger partial charge in [0.05, 0.1) is 17.7 Å². The Hall–Kier alpha value is -2.87. The number of aliphatic hydroxyl groups is 1. The van der Waals surface area contributed by atoms with Crippen molar-refractivity contribution in [2.45, 2.75) is 44.8 Å². The van der Waals surface area contributed by atoms with Gasteiger partial charge in [-0.05, 0) is 37.5 Å². The predicted molar refractivity (Wildman–Crippen MR) is 100 cm³/mol. The fourth-order valence-corrected chi connectivity index (χ4v) is 3.03. The van der Waals surface area contributed by atoms with Gasteiger partial charge >= 0.3 is 0 Å². The molecule has 1 saturated carbocycles. The van der Waals surface area contributed by atoms with Crippen molar-refractivity contribution in [2.75, 3.05) is 5.73 Å². The summed E-state index contributed by atoms with van der Waals surface area (Å²) in [7, 11) is 0. The summed E-state index contributed by atoms with van der Waals surface area (Å²) in [5.41, 5.74) is 6.95. The normalized spacial score (nSPS) is 20.3. The minimum Gasteiger partial charge on any atom is -0.391 e. The highest BCUT2D eigenvalue weighted by molar-refractivity contribution is 5.95. The molecule has 0 saturated heterocycles. The van der Waals surface area contributed by atoms with Gasteiger partial charge in [-0.1, -0.05) is 12.8 Å². The smallest absolute Gasteiger partial charge is 0.253 e. The molecular formula is C19H22FN5O2. The summed E-state index contributed by atoms with van der Waals surface area (Å²) in [4.78, 5) is 24.2. The summed E-state index contributed by atoms with van der Waals surface area (Å²) in [6.45, 7) is 1.73. The summed E-state index contributed by atoms with van der Waals surface area (Å²) in [6, 6.07) is 1.31. The average Bonchev–Trinajstić information content (AvgIpc) is 2.65. The number of nitrogens with one attached hydrogen (secondary N) is 1. The monoisotopic (exact) mass is 371 g/mol. The Labute approximate surface area is 156 Å². The second-order valence-electron chi connectivity index (χ2n) is 6.65. The fraction of sp³-hybridized carbons (Fsp3) is 0.368. The third kappa shape index (κ3) is 4.65. The van der Waals surface area contributed by atoms with Gasteiger partial charge in [-0.15, -0.1) is 0 Å². The molecule has 8 heteroatoms. The van der Waals surface area contributed by atoms with Crippen molar-refractivity contribution in [3.05, 3.63) is 47.0 Å². The molecule has 0 bridgehead atoms. The molecule has 142 valence electrons. The minimum atomic E-state index is -0.555. The van der Waals surface area contributed by atoms with Crippen LogP contribution in [0.4, 0.5) is 10.3 Å². The summed E-state index contributed by atoms with van der Waals surface area (Å²) in [6.07, 6.45) is 8.12. The van der Waals surface area contributed by atoms with Crippen LogP contribution in [0.25, 0.3) is 11.9 Å². The first-order valence-corrected chi connectivity index (χ1v) is 8.84. The molecule has 1 amide bonds. The number of rotatable bonds is 4. The Morgan fingerprint density at radius 3 is 2.59 bits per heavy atom. The maximum Gasteiger partial charge on any atom is 0.253 e. The zero-order valence-corrected chi connectivity index (χ0v) is 15.0. The number of aromatic nitrogens is 3. The maximum atomic E-state index is 14.5. The minimum absolute atomic E-state index is 0.0629. The van der Waals surface area contributed by atoms with Gasteiger partial charge in [0.2, 0.25) is 5.95 Å². The van der Waals surface area contributed by atoms with Gasteiger partial charge in [-0.2, -0.15) is 0 Å². The Bertz CT molecular complexity index is 854. The van der Waals surface area contributed by atoms with Crippen molar-refractivity contribution < 1.29 is 14.3 Å². The van der Waals surface area contributed by atoms with E-state index >= 15 is 0 Å². The second-order valence-corrected chi connectivity index (χ2v) is 6.65. The standard InChI is InChI=1S/C19H22FN5O2/c1-11-12(7-15(20)14-9-23-19(21)24-10-14)6-13(8-22-11)18(27)25-16-4-2-3-5-17(16)26/h6-10,16-17,26H,2-5H2,1H3,(H,25,27)(H2,21,23,24)/b15-7-/t16-,17-/m0/s1. The number of amides is 1. The fourth-order valence-electron chi connectivity index (χ4n) is 3.03. The third-order valence-electron chi connectivity index (χ3n) is 4.66. The highest BCUT2D eigenvalue weighted by Crippen LogP contribution is 2.22. The summed E-state index contributed by atoms with van der Waals surface area (Å²) >= 11 is 0. The van der Waals surface area contributed by atoms with Crippen LogP contribution < -0.4 is 11.1 Å². The van der Waals surface area contributed by atoms with Crippen molar-refractivity contribution in [1.29, 1.82) is 0 Å². The van der Waals surface area contributed by atoms with E-state index in [1.54, 1.807) is 13.0 Å². The quantitative estimate of drug-likeness (QED) is 0.760. The van der Waals surface area contributed by atoms with Crippen molar-refractivity contribution in [2.24, 2.45) is 0 Å². The Kier molecular flexibility index (Phi) is 5.75. The van der Waals surface area contributed by atoms with Crippen LogP contribution in [-0.4, -0.2) is 38.1 Å². The zero-order valence-electron chi connectivity index (χ0n) is 15.0. The Balaban J connectivity index is 1.80. The SMILES string of the molecule is Cc1ncc(C(=O)N[C@H]2CCCC[C@@H]2O)cc1/C=C(\F)c1cnc(N)nc1. The van der Waals surface area contributed by atoms with Gasteiger partial charge in [0, 0.05) is 29.8 Å². The molecule has 2 atom stereocenters. The molecule has 27 heavy (non-hydrogen) atoms. The number of aliphatic hydroxyl groups excluding tert-OH is 1. The molecule has 2 aromatic heterocycles. The lowest BCUT2D eigenvalue weighted by atomic mass is 9.92. The van der Waals surface area contributed by atoms with E-state index in [1.807, 2.05) is 0 Å². The van der Waals surface area contributed by atoms with Gasteiger partial charge in [-0.3, -0.25) is 9.78 Å². The molecular weight excluding hydrogens is 349 g/mol. The number of hydrogen-bond donors (Lipinski definition) is 3. The second kappa shape index (κ2) is 8.22. The van der Waals surface area contributed by atoms with E-state index < -0.39 is 11.9 Å². The zero-order chi connectivity index (χ0) is 19.4. The number of nitrogens with zero attached hydrogens (tertiary/aromatic N) is 3. The average molecular weight is 371 g/mol. The highest BCUT2D eigenvalue weighted by Gasteiger charge is 2.25. The van der Waals surface area contributed by atoms with Crippen LogP contribution >= 0.6 is 0 Å². The number of nitrogens with two attached hydrogens (primary N) is 1. The van der Waals surface area contributed by atoms with Gasteiger partial charge < -0.3 is 16.2 Å². The molecule has 1 fully saturated rings. The summed E-state index contributed by atoms with van der Waals surface area (Å²) < 4.78 is 14.5. The summed E-state index contributed by atoms with van der Waals surface area (Å²) in [5, 5.41) is 12.9. The molecule has 1 aliphatic carbocycles. The van der Waals surface area contributed by atoms with Crippen LogP contribution in [0.5, 0.6) is 0 Å². The topological polar surface area (TPSA) is 114 Å². The van der Waals surface area contributed by atoms with Gasteiger partial charge in [0.1, 0.15) is 5.83 Å². The Morgan fingerprint density at radius 2 is 1.89 bits per heavy atom. The lowest BCUT2D eigenvalue weighted by Gasteiger charge is -2.28. The van der Waals surface area contributed by atoms with Crippen LogP contribution in [0.15, 0.2) is 24.7 Å². The highest BCUT2D eigenvalue weighted by atomic mass is 19.1. The number of aryl methyl sites for hydroxylation is 1. The van der Waals surface area contributed by atoms with E-state index in [-0.39, 0.29) is 23.5 Å². The molecule has 0 aromatic carbocycles. The maximum absolute atomic E-state index is 14.5. The molecule has 2 heterocycles. The lowest BCUT2D eigenvalue weighted by molar-refractivity contribution is 0.0717. The van der Waals surface area contributed by atoms with Crippen LogP contribution in [0.3, 0.4) is 0 Å². The first-order chi connectivity index (χ1) is 12.9. The number of carbonyl (C=O) groups excluding carboxylic acids is 1. The van der Waals surface area contributed by atoms with Crippen LogP contribution in [0.1, 0.15) is 52.9 Å². The molecule has 4 N–H and O–H groups in total. The van der Waals surface area contributed by atoms with E-state index in [2.05, 4.69) is 20.3 Å². The summed E-state index contributed by atoms with van der Waals surface area (Å²) in [5.74, 6) is -0.826. The van der Waals surface area contributed by atoms with Crippen LogP contribution in [0, 0.1) is 6.92 Å². The van der Waals surface area contributed by atoms with Crippen molar-refractivity contribution in [1.82, 2.24) is 20.3 Å². The van der Waals surface area contributed by atoms with Gasteiger partial charge in [0.15, 0.2) is 0 Å². The van der Waals surface area contributed by atoms with Crippen LogP contribution in [0.2, 0.25) is 0 Å². The van der Waals surface area contributed by atoms with E-state index in [0.717, 1.165) is 19.3 Å². The number of hydrogen-bond acceptors (Lipinski definition) is 6. The molecule has 0 spiro atoms. The van der Waals surface area contributed by atoms with Gasteiger partial charge in [0.25, 0.3) is 5.91 Å². The first kappa shape index (κ1) is 18.9. The molecule has 3 rings (SSSR count). The number of anilines is 1. The number of carbonyl (C=O) groups is 1. The number of halogens is 1. The lowest BCUT2D eigenvalue weighted by Crippen LogP contribution is -2.45. The first-order valence-electron chi connectivity index (χ1n) is 8.84. The predicted octanol–water partition coefficient (Wildman–Crippen LogP) is 2.26. The van der Waals surface area contributed by atoms with E-state index in [0.29, 0.717) is 23.2 Å². The molecule has 0 radical (unpaired) electrons. The van der Waals surface area contributed by atoms with E-state index in [4.69, 9.17) is 5.73 Å². The molecule has 0 aliphatic heterocycles. The van der Waals surface area contributed by atoms with Gasteiger partial charge in [-0.25, -0.2) is 14.4 Å². The van der Waals surface area contributed by atoms with Crippen molar-refractivity contribution in [3.8, 4) is 0 Å². The van der Waals surface area contributed by atoms with E-state index in [1.165, 1.54) is 24.7 Å². The molecule has 1 aliphatic rings. The van der Waals surface area contributed by atoms with Crippen molar-refractivity contribution >= 4 is 23.8 Å². The van der Waals surface area contributed by atoms with Crippen molar-refractivity contribution in [3.63, 3.8) is 0 Å². The molecule has 0 unspecified atom stereocenters. The number of nitrogen functional groups attached to an aromatic ring is 1. The molecule has 2 aromatic rings. The van der Waals surface area contributed by atoms with E-state index in [9.17, 15) is 14.3 Å². The van der Waals surface area contributed by atoms with Crippen LogP contribution in [-0.2, 0) is 0 Å².